The molecule has 45 heavy (non-hydrogen) atoms. The van der Waals surface area contributed by atoms with Gasteiger partial charge in [-0.2, -0.15) is 13.2 Å². The van der Waals surface area contributed by atoms with Crippen LogP contribution in [0.4, 0.5) is 13.2 Å². The van der Waals surface area contributed by atoms with Gasteiger partial charge in [0, 0.05) is 25.2 Å². The van der Waals surface area contributed by atoms with Crippen molar-refractivity contribution in [3.8, 4) is 5.75 Å². The molecule has 0 fully saturated rings. The molecule has 5 aromatic carbocycles. The molecule has 5 rings (SSSR count). The molecule has 0 unspecified atom stereocenters. The van der Waals surface area contributed by atoms with Crippen LogP contribution in [0.1, 0.15) is 27.8 Å². The quantitative estimate of drug-likeness (QED) is 0.0928. The van der Waals surface area contributed by atoms with Gasteiger partial charge in [-0.3, -0.25) is 4.90 Å². The van der Waals surface area contributed by atoms with Crippen molar-refractivity contribution in [3.05, 3.63) is 173 Å². The fourth-order valence-corrected chi connectivity index (χ4v) is 5.19. The lowest BCUT2D eigenvalue weighted by atomic mass is 9.89. The fraction of sp³-hybridized carbons (Fsp3) is 0.179. The maximum Gasteiger partial charge on any atom is 0.417 e. The smallest absolute Gasteiger partial charge is 0.417 e. The van der Waals surface area contributed by atoms with Crippen LogP contribution in [-0.4, -0.2) is 37.4 Å². The molecule has 0 aliphatic carbocycles. The van der Waals surface area contributed by atoms with E-state index in [9.17, 15) is 13.2 Å². The maximum absolute atomic E-state index is 14.6. The van der Waals surface area contributed by atoms with Gasteiger partial charge < -0.3 is 9.47 Å². The van der Waals surface area contributed by atoms with Crippen LogP contribution in [0.3, 0.4) is 0 Å². The number of allylic oxidation sites excluding steroid dienone is 1. The molecule has 0 heterocycles. The van der Waals surface area contributed by atoms with Crippen LogP contribution >= 0.6 is 0 Å². The first-order valence-electron chi connectivity index (χ1n) is 15.0. The van der Waals surface area contributed by atoms with E-state index in [1.165, 1.54) is 17.7 Å². The van der Waals surface area contributed by atoms with Crippen molar-refractivity contribution in [2.45, 2.75) is 19.3 Å². The molecule has 5 aromatic rings. The average Bonchev–Trinajstić information content (AvgIpc) is 3.07. The van der Waals surface area contributed by atoms with E-state index in [-0.39, 0.29) is 11.1 Å². The monoisotopic (exact) mass is 607 g/mol. The average molecular weight is 608 g/mol. The number of alkyl halides is 3. The largest absolute Gasteiger partial charge is 0.492 e. The third kappa shape index (κ3) is 9.42. The van der Waals surface area contributed by atoms with E-state index in [1.54, 1.807) is 72.8 Å². The summed E-state index contributed by atoms with van der Waals surface area (Å²) < 4.78 is 55.8. The number of halogens is 3. The third-order valence-electron chi connectivity index (χ3n) is 7.39. The summed E-state index contributed by atoms with van der Waals surface area (Å²) in [4.78, 5) is 2.28. The Hall–Kier alpha value is -4.65. The first-order valence-corrected chi connectivity index (χ1v) is 15.0. The van der Waals surface area contributed by atoms with Gasteiger partial charge in [0.15, 0.2) is 0 Å². The van der Waals surface area contributed by atoms with E-state index >= 15 is 0 Å². The summed E-state index contributed by atoms with van der Waals surface area (Å²) in [6, 6.07) is 43.9. The van der Waals surface area contributed by atoms with Gasteiger partial charge >= 0.3 is 6.18 Å². The molecular formula is C39H36F3NO2. The maximum atomic E-state index is 14.6. The molecule has 0 saturated carbocycles. The van der Waals surface area contributed by atoms with Gasteiger partial charge in [-0.25, -0.2) is 0 Å². The molecule has 0 amide bonds. The van der Waals surface area contributed by atoms with Crippen LogP contribution in [0.2, 0.25) is 0 Å². The first kappa shape index (κ1) is 31.8. The van der Waals surface area contributed by atoms with E-state index in [0.29, 0.717) is 43.2 Å². The molecule has 3 nitrogen and oxygen atoms in total. The minimum atomic E-state index is -4.56. The lowest BCUT2D eigenvalue weighted by molar-refractivity contribution is -0.0685. The Morgan fingerprint density at radius 2 is 1.02 bits per heavy atom. The summed E-state index contributed by atoms with van der Waals surface area (Å²) in [5.41, 5.74) is 2.87. The van der Waals surface area contributed by atoms with Crippen molar-refractivity contribution in [1.82, 2.24) is 4.90 Å². The Labute approximate surface area is 263 Å². The van der Waals surface area contributed by atoms with E-state index in [4.69, 9.17) is 9.47 Å². The number of ether oxygens (including phenoxy) is 2. The molecule has 0 bridgehead atoms. The van der Waals surface area contributed by atoms with Crippen molar-refractivity contribution < 1.29 is 22.6 Å². The number of hydrogen-bond donors (Lipinski definition) is 0. The lowest BCUT2D eigenvalue weighted by Crippen LogP contribution is -2.31. The van der Waals surface area contributed by atoms with Crippen LogP contribution in [0, 0.1) is 0 Å². The van der Waals surface area contributed by atoms with Crippen LogP contribution in [0.25, 0.3) is 11.1 Å². The first-order chi connectivity index (χ1) is 22.0. The third-order valence-corrected chi connectivity index (χ3v) is 7.39. The highest BCUT2D eigenvalue weighted by Gasteiger charge is 2.38. The molecule has 230 valence electrons. The van der Waals surface area contributed by atoms with Gasteiger partial charge in [0.1, 0.15) is 12.4 Å². The zero-order chi connectivity index (χ0) is 31.3. The summed E-state index contributed by atoms with van der Waals surface area (Å²) in [5, 5.41) is 0. The van der Waals surface area contributed by atoms with Gasteiger partial charge in [0.05, 0.1) is 18.8 Å². The second-order valence-corrected chi connectivity index (χ2v) is 10.7. The highest BCUT2D eigenvalue weighted by Crippen LogP contribution is 2.42. The summed E-state index contributed by atoms with van der Waals surface area (Å²) in [6.45, 7) is 3.70. The van der Waals surface area contributed by atoms with E-state index in [0.717, 1.165) is 18.7 Å². The Morgan fingerprint density at radius 1 is 0.533 bits per heavy atom. The summed E-state index contributed by atoms with van der Waals surface area (Å²) >= 11 is 0. The number of hydrogen-bond acceptors (Lipinski definition) is 3. The Morgan fingerprint density at radius 3 is 1.60 bits per heavy atom. The minimum Gasteiger partial charge on any atom is -0.492 e. The molecule has 0 atom stereocenters. The summed E-state index contributed by atoms with van der Waals surface area (Å²) in [5.74, 6) is 0.597. The zero-order valence-electron chi connectivity index (χ0n) is 25.0. The molecule has 6 heteroatoms. The lowest BCUT2D eigenvalue weighted by Gasteiger charge is -2.23. The molecule has 0 aliphatic heterocycles. The van der Waals surface area contributed by atoms with Crippen molar-refractivity contribution in [3.63, 3.8) is 0 Å². The predicted molar refractivity (Wildman–Crippen MR) is 175 cm³/mol. The Balaban J connectivity index is 1.28. The summed E-state index contributed by atoms with van der Waals surface area (Å²) in [7, 11) is 0. The number of benzene rings is 5. The van der Waals surface area contributed by atoms with Crippen LogP contribution < -0.4 is 4.74 Å². The Bertz CT molecular complexity index is 1610. The molecule has 0 radical (unpaired) electrons. The molecule has 0 saturated heterocycles. The number of nitrogens with zero attached hydrogens (tertiary/aromatic N) is 1. The molecule has 0 spiro atoms. The SMILES string of the molecule is FC(F)(F)C(=C(c1ccccc1)c1ccc(OCCN(CCOCc2ccccc2)Cc2ccccc2)cc1)c1ccccc1. The van der Waals surface area contributed by atoms with Gasteiger partial charge in [0.25, 0.3) is 0 Å². The standard InChI is InChI=1S/C39H36F3NO2/c40-39(41,42)38(35-19-11-4-12-20-35)37(33-17-9-3-10-18-33)34-21-23-36(24-22-34)45-28-26-43(29-31-13-5-1-6-14-31)25-27-44-30-32-15-7-2-8-16-32/h1-24H,25-30H2. The van der Waals surface area contributed by atoms with Crippen molar-refractivity contribution in [2.24, 2.45) is 0 Å². The fourth-order valence-electron chi connectivity index (χ4n) is 5.19. The van der Waals surface area contributed by atoms with Gasteiger partial charge in [-0.15, -0.1) is 0 Å². The van der Waals surface area contributed by atoms with Gasteiger partial charge in [-0.1, -0.05) is 133 Å². The highest BCUT2D eigenvalue weighted by atomic mass is 19.4. The molecular weight excluding hydrogens is 571 g/mol. The van der Waals surface area contributed by atoms with E-state index < -0.39 is 11.7 Å². The van der Waals surface area contributed by atoms with E-state index in [1.807, 2.05) is 48.5 Å². The second kappa shape index (κ2) is 15.9. The number of rotatable bonds is 14. The topological polar surface area (TPSA) is 21.7 Å². The van der Waals surface area contributed by atoms with Crippen molar-refractivity contribution in [2.75, 3.05) is 26.3 Å². The molecule has 0 aromatic heterocycles. The van der Waals surface area contributed by atoms with Crippen molar-refractivity contribution >= 4 is 11.1 Å². The van der Waals surface area contributed by atoms with Crippen LogP contribution in [-0.2, 0) is 17.9 Å². The van der Waals surface area contributed by atoms with Gasteiger partial charge in [0.2, 0.25) is 0 Å². The predicted octanol–water partition coefficient (Wildman–Crippen LogP) is 9.31. The zero-order valence-corrected chi connectivity index (χ0v) is 25.0. The van der Waals surface area contributed by atoms with E-state index in [2.05, 4.69) is 17.0 Å². The van der Waals surface area contributed by atoms with Crippen molar-refractivity contribution in [1.29, 1.82) is 0 Å². The molecule has 0 aliphatic rings. The van der Waals surface area contributed by atoms with Gasteiger partial charge in [-0.05, 0) is 39.9 Å². The normalized spacial score (nSPS) is 12.2. The molecule has 0 N–H and O–H groups in total. The highest BCUT2D eigenvalue weighted by molar-refractivity contribution is 6.00. The second-order valence-electron chi connectivity index (χ2n) is 10.7. The summed E-state index contributed by atoms with van der Waals surface area (Å²) in [6.07, 6.45) is -4.56. The minimum absolute atomic E-state index is 0.121. The van der Waals surface area contributed by atoms with Crippen LogP contribution in [0.15, 0.2) is 146 Å². The van der Waals surface area contributed by atoms with Crippen LogP contribution in [0.5, 0.6) is 5.75 Å². The Kier molecular flexibility index (Phi) is 11.2.